The normalized spacial score (nSPS) is 10.7. The number of nitrogens with one attached hydrogen (secondary N) is 1. The summed E-state index contributed by atoms with van der Waals surface area (Å²) in [5.41, 5.74) is 0.539. The van der Waals surface area contributed by atoms with Crippen molar-refractivity contribution >= 4 is 22.6 Å². The SMILES string of the molecule is CC(=O)CNC(=O)c1nn(Cc2ccc(F)cc2)c2ccccc2c1=O. The predicted molar refractivity (Wildman–Crippen MR) is 94.5 cm³/mol. The molecule has 26 heavy (non-hydrogen) atoms. The van der Waals surface area contributed by atoms with Gasteiger partial charge < -0.3 is 5.32 Å². The number of carbonyl (C=O) groups excluding carboxylic acids is 2. The van der Waals surface area contributed by atoms with Crippen LogP contribution in [-0.2, 0) is 11.3 Å². The first kappa shape index (κ1) is 17.5. The number of amides is 1. The van der Waals surface area contributed by atoms with Gasteiger partial charge in [-0.3, -0.25) is 19.1 Å². The zero-order valence-corrected chi connectivity index (χ0v) is 14.0. The van der Waals surface area contributed by atoms with Crippen molar-refractivity contribution in [1.29, 1.82) is 0 Å². The standard InChI is InChI=1S/C19H16FN3O3/c1-12(24)10-21-19(26)17-18(25)15-4-2-3-5-16(15)23(22-17)11-13-6-8-14(20)9-7-13/h2-9H,10-11H2,1H3,(H,21,26). The summed E-state index contributed by atoms with van der Waals surface area (Å²) in [4.78, 5) is 35.9. The summed E-state index contributed by atoms with van der Waals surface area (Å²) in [6, 6.07) is 12.7. The molecular formula is C19H16FN3O3. The van der Waals surface area contributed by atoms with E-state index in [1.807, 2.05) is 0 Å². The van der Waals surface area contributed by atoms with Crippen molar-refractivity contribution < 1.29 is 14.0 Å². The summed E-state index contributed by atoms with van der Waals surface area (Å²) < 4.78 is 14.6. The maximum absolute atomic E-state index is 13.1. The van der Waals surface area contributed by atoms with E-state index in [1.54, 1.807) is 36.4 Å². The maximum Gasteiger partial charge on any atom is 0.276 e. The van der Waals surface area contributed by atoms with E-state index in [-0.39, 0.29) is 30.4 Å². The fourth-order valence-electron chi connectivity index (χ4n) is 2.56. The number of benzene rings is 2. The highest BCUT2D eigenvalue weighted by Gasteiger charge is 2.17. The van der Waals surface area contributed by atoms with Gasteiger partial charge in [0.1, 0.15) is 11.6 Å². The van der Waals surface area contributed by atoms with Crippen LogP contribution in [0.15, 0.2) is 53.3 Å². The second-order valence-electron chi connectivity index (χ2n) is 5.86. The Hall–Kier alpha value is -3.35. The van der Waals surface area contributed by atoms with Crippen LogP contribution in [0.2, 0.25) is 0 Å². The summed E-state index contributed by atoms with van der Waals surface area (Å²) in [6.07, 6.45) is 0. The minimum absolute atomic E-state index is 0.176. The number of Topliss-reactive ketones (excluding diaryl/α,β-unsaturated/α-hetero) is 1. The van der Waals surface area contributed by atoms with Gasteiger partial charge >= 0.3 is 0 Å². The average Bonchev–Trinajstić information content (AvgIpc) is 2.64. The smallest absolute Gasteiger partial charge is 0.276 e. The highest BCUT2D eigenvalue weighted by Crippen LogP contribution is 2.12. The fourth-order valence-corrected chi connectivity index (χ4v) is 2.56. The van der Waals surface area contributed by atoms with Gasteiger partial charge in [0.05, 0.1) is 18.6 Å². The van der Waals surface area contributed by atoms with Crippen molar-refractivity contribution in [2.75, 3.05) is 6.54 Å². The van der Waals surface area contributed by atoms with E-state index in [4.69, 9.17) is 0 Å². The molecule has 0 atom stereocenters. The number of ketones is 1. The van der Waals surface area contributed by atoms with Gasteiger partial charge in [0.2, 0.25) is 5.43 Å². The molecular weight excluding hydrogens is 337 g/mol. The van der Waals surface area contributed by atoms with Crippen molar-refractivity contribution in [2.45, 2.75) is 13.5 Å². The summed E-state index contributed by atoms with van der Waals surface area (Å²) in [5.74, 6) is -1.29. The Kier molecular flexibility index (Phi) is 4.88. The summed E-state index contributed by atoms with van der Waals surface area (Å²) >= 11 is 0. The van der Waals surface area contributed by atoms with E-state index < -0.39 is 11.3 Å². The molecule has 0 spiro atoms. The Labute approximate surface area is 148 Å². The van der Waals surface area contributed by atoms with Crippen molar-refractivity contribution in [3.63, 3.8) is 0 Å². The Bertz CT molecular complexity index is 1040. The molecule has 1 aromatic heterocycles. The molecule has 0 aliphatic heterocycles. The molecule has 3 aromatic rings. The second-order valence-corrected chi connectivity index (χ2v) is 5.86. The Morgan fingerprint density at radius 2 is 1.81 bits per heavy atom. The number of carbonyl (C=O) groups is 2. The van der Waals surface area contributed by atoms with Crippen LogP contribution in [0, 0.1) is 5.82 Å². The predicted octanol–water partition coefficient (Wildman–Crippen LogP) is 1.90. The van der Waals surface area contributed by atoms with Gasteiger partial charge in [-0.2, -0.15) is 5.10 Å². The van der Waals surface area contributed by atoms with Gasteiger partial charge in [0, 0.05) is 5.39 Å². The quantitative estimate of drug-likeness (QED) is 0.760. The number of rotatable bonds is 5. The lowest BCUT2D eigenvalue weighted by Gasteiger charge is -2.12. The Morgan fingerprint density at radius 1 is 1.12 bits per heavy atom. The first-order valence-corrected chi connectivity index (χ1v) is 7.97. The number of halogens is 1. The molecule has 1 N–H and O–H groups in total. The molecule has 0 radical (unpaired) electrons. The van der Waals surface area contributed by atoms with Crippen molar-refractivity contribution in [3.05, 3.63) is 75.8 Å². The third-order valence-electron chi connectivity index (χ3n) is 3.82. The summed E-state index contributed by atoms with van der Waals surface area (Å²) in [7, 11) is 0. The molecule has 0 fully saturated rings. The van der Waals surface area contributed by atoms with Gasteiger partial charge in [0.25, 0.3) is 5.91 Å². The lowest BCUT2D eigenvalue weighted by atomic mass is 10.1. The maximum atomic E-state index is 13.1. The lowest BCUT2D eigenvalue weighted by molar-refractivity contribution is -0.116. The van der Waals surface area contributed by atoms with Crippen LogP contribution in [0.1, 0.15) is 23.0 Å². The topological polar surface area (TPSA) is 81.1 Å². The van der Waals surface area contributed by atoms with Crippen LogP contribution in [0.4, 0.5) is 4.39 Å². The molecule has 3 rings (SSSR count). The van der Waals surface area contributed by atoms with Crippen LogP contribution in [0.25, 0.3) is 10.9 Å². The van der Waals surface area contributed by atoms with E-state index >= 15 is 0 Å². The Balaban J connectivity index is 2.07. The number of fused-ring (bicyclic) bond motifs is 1. The molecule has 0 unspecified atom stereocenters. The van der Waals surface area contributed by atoms with Crippen LogP contribution in [0.5, 0.6) is 0 Å². The number of nitrogens with zero attached hydrogens (tertiary/aromatic N) is 2. The molecule has 0 aliphatic rings. The van der Waals surface area contributed by atoms with E-state index in [0.717, 1.165) is 5.56 Å². The van der Waals surface area contributed by atoms with Crippen LogP contribution < -0.4 is 10.7 Å². The first-order valence-electron chi connectivity index (χ1n) is 7.97. The van der Waals surface area contributed by atoms with E-state index in [9.17, 15) is 18.8 Å². The number of hydrogen-bond donors (Lipinski definition) is 1. The molecule has 6 nitrogen and oxygen atoms in total. The zero-order chi connectivity index (χ0) is 18.7. The molecule has 0 aliphatic carbocycles. The van der Waals surface area contributed by atoms with Gasteiger partial charge in [-0.25, -0.2) is 4.39 Å². The van der Waals surface area contributed by atoms with Crippen LogP contribution in [-0.4, -0.2) is 28.0 Å². The molecule has 0 saturated carbocycles. The first-order chi connectivity index (χ1) is 12.5. The lowest BCUT2D eigenvalue weighted by Crippen LogP contribution is -2.34. The van der Waals surface area contributed by atoms with Crippen molar-refractivity contribution in [2.24, 2.45) is 0 Å². The molecule has 1 heterocycles. The number of hydrogen-bond acceptors (Lipinski definition) is 4. The van der Waals surface area contributed by atoms with Gasteiger partial charge in [-0.15, -0.1) is 0 Å². The van der Waals surface area contributed by atoms with Gasteiger partial charge in [0.15, 0.2) is 5.69 Å². The van der Waals surface area contributed by atoms with Crippen molar-refractivity contribution in [1.82, 2.24) is 15.1 Å². The monoisotopic (exact) mass is 353 g/mol. The van der Waals surface area contributed by atoms with Crippen molar-refractivity contribution in [3.8, 4) is 0 Å². The van der Waals surface area contributed by atoms with E-state index in [1.165, 1.54) is 23.7 Å². The molecule has 0 saturated heterocycles. The van der Waals surface area contributed by atoms with Crippen LogP contribution in [0.3, 0.4) is 0 Å². The van der Waals surface area contributed by atoms with Gasteiger partial charge in [-0.05, 0) is 36.8 Å². The Morgan fingerprint density at radius 3 is 2.50 bits per heavy atom. The third-order valence-corrected chi connectivity index (χ3v) is 3.82. The third kappa shape index (κ3) is 3.66. The van der Waals surface area contributed by atoms with E-state index in [0.29, 0.717) is 10.9 Å². The highest BCUT2D eigenvalue weighted by atomic mass is 19.1. The minimum Gasteiger partial charge on any atom is -0.343 e. The molecule has 2 aromatic carbocycles. The molecule has 1 amide bonds. The second kappa shape index (κ2) is 7.26. The van der Waals surface area contributed by atoms with Crippen LogP contribution >= 0.6 is 0 Å². The molecule has 0 bridgehead atoms. The highest BCUT2D eigenvalue weighted by molar-refractivity contribution is 5.97. The summed E-state index contributed by atoms with van der Waals surface area (Å²) in [6.45, 7) is 1.42. The molecule has 7 heteroatoms. The average molecular weight is 353 g/mol. The largest absolute Gasteiger partial charge is 0.343 e. The van der Waals surface area contributed by atoms with E-state index in [2.05, 4.69) is 10.4 Å². The number of para-hydroxylation sites is 1. The van der Waals surface area contributed by atoms with Gasteiger partial charge in [-0.1, -0.05) is 24.3 Å². The fraction of sp³-hybridized carbons (Fsp3) is 0.158. The summed E-state index contributed by atoms with van der Waals surface area (Å²) in [5, 5.41) is 6.92. The minimum atomic E-state index is -0.705. The zero-order valence-electron chi connectivity index (χ0n) is 14.0. The molecule has 132 valence electrons. The number of aromatic nitrogens is 2.